The fraction of sp³-hybridized carbons (Fsp3) is 0.125. The molecule has 0 atom stereocenters. The first kappa shape index (κ1) is 16.2. The number of allylic oxidation sites excluding steroid dienone is 1. The SMILES string of the molecule is CN(C)/C=C(\Oc1cncc(Br)c1)C(=O)c1ccc(F)cc1. The third-order valence-corrected chi connectivity index (χ3v) is 3.05. The van der Waals surface area contributed by atoms with Gasteiger partial charge in [0, 0.05) is 36.5 Å². The van der Waals surface area contributed by atoms with E-state index < -0.39 is 5.82 Å². The van der Waals surface area contributed by atoms with Crippen LogP contribution in [0.1, 0.15) is 10.4 Å². The summed E-state index contributed by atoms with van der Waals surface area (Å²) in [6.07, 6.45) is 4.68. The number of carbonyl (C=O) groups is 1. The summed E-state index contributed by atoms with van der Waals surface area (Å²) in [4.78, 5) is 18.2. The Morgan fingerprint density at radius 1 is 1.27 bits per heavy atom. The van der Waals surface area contributed by atoms with Crippen molar-refractivity contribution in [3.63, 3.8) is 0 Å². The van der Waals surface area contributed by atoms with E-state index in [4.69, 9.17) is 4.74 Å². The fourth-order valence-electron chi connectivity index (χ4n) is 1.68. The molecule has 1 aromatic heterocycles. The lowest BCUT2D eigenvalue weighted by Crippen LogP contribution is -2.14. The Hall–Kier alpha value is -2.21. The van der Waals surface area contributed by atoms with Gasteiger partial charge in [0.25, 0.3) is 0 Å². The summed E-state index contributed by atoms with van der Waals surface area (Å²) in [6, 6.07) is 7.02. The minimum absolute atomic E-state index is 0.122. The smallest absolute Gasteiger partial charge is 0.229 e. The van der Waals surface area contributed by atoms with E-state index >= 15 is 0 Å². The summed E-state index contributed by atoms with van der Waals surface area (Å²) in [7, 11) is 3.56. The zero-order valence-electron chi connectivity index (χ0n) is 12.1. The van der Waals surface area contributed by atoms with E-state index in [0.717, 1.165) is 4.47 Å². The standard InChI is InChI=1S/C16H14BrFN2O2/c1-20(2)10-15(22-14-7-12(17)8-19-9-14)16(21)11-3-5-13(18)6-4-11/h3-10H,1-2H3/b15-10-. The Morgan fingerprint density at radius 2 is 1.95 bits per heavy atom. The number of benzene rings is 1. The Bertz CT molecular complexity index is 700. The summed E-state index contributed by atoms with van der Waals surface area (Å²) in [5.41, 5.74) is 0.345. The van der Waals surface area contributed by atoms with Gasteiger partial charge in [0.1, 0.15) is 11.6 Å². The number of hydrogen-bond donors (Lipinski definition) is 0. The molecule has 0 N–H and O–H groups in total. The highest BCUT2D eigenvalue weighted by Crippen LogP contribution is 2.20. The van der Waals surface area contributed by atoms with Crippen LogP contribution < -0.4 is 4.74 Å². The third kappa shape index (κ3) is 4.39. The summed E-state index contributed by atoms with van der Waals surface area (Å²) in [5.74, 6) is -0.185. The normalized spacial score (nSPS) is 11.2. The van der Waals surface area contributed by atoms with Crippen molar-refractivity contribution in [2.24, 2.45) is 0 Å². The lowest BCUT2D eigenvalue weighted by Gasteiger charge is -2.13. The molecule has 2 aromatic rings. The minimum Gasteiger partial charge on any atom is -0.450 e. The van der Waals surface area contributed by atoms with E-state index in [0.29, 0.717) is 11.3 Å². The first-order valence-electron chi connectivity index (χ1n) is 6.42. The molecule has 0 aliphatic carbocycles. The van der Waals surface area contributed by atoms with Crippen molar-refractivity contribution in [1.82, 2.24) is 9.88 Å². The molecule has 0 radical (unpaired) electrons. The minimum atomic E-state index is -0.396. The molecule has 1 aromatic carbocycles. The van der Waals surface area contributed by atoms with Crippen molar-refractivity contribution in [3.8, 4) is 5.75 Å². The van der Waals surface area contributed by atoms with Crippen molar-refractivity contribution >= 4 is 21.7 Å². The second kappa shape index (κ2) is 7.17. The van der Waals surface area contributed by atoms with Crippen molar-refractivity contribution in [2.75, 3.05) is 14.1 Å². The lowest BCUT2D eigenvalue weighted by molar-refractivity contribution is 0.0982. The highest BCUT2D eigenvalue weighted by atomic mass is 79.9. The topological polar surface area (TPSA) is 42.4 Å². The highest BCUT2D eigenvalue weighted by Gasteiger charge is 2.16. The molecule has 1 heterocycles. The van der Waals surface area contributed by atoms with Gasteiger partial charge in [-0.15, -0.1) is 0 Å². The number of hydrogen-bond acceptors (Lipinski definition) is 4. The number of Topliss-reactive ketones (excluding diaryl/α,β-unsaturated/α-hetero) is 1. The summed E-state index contributed by atoms with van der Waals surface area (Å²) < 4.78 is 19.3. The van der Waals surface area contributed by atoms with Gasteiger partial charge in [0.2, 0.25) is 5.78 Å². The monoisotopic (exact) mass is 364 g/mol. The number of pyridine rings is 1. The lowest BCUT2D eigenvalue weighted by atomic mass is 10.1. The Morgan fingerprint density at radius 3 is 2.55 bits per heavy atom. The van der Waals surface area contributed by atoms with Crippen LogP contribution in [0.3, 0.4) is 0 Å². The molecule has 0 amide bonds. The van der Waals surface area contributed by atoms with Crippen LogP contribution >= 0.6 is 15.9 Å². The average molecular weight is 365 g/mol. The van der Waals surface area contributed by atoms with Gasteiger partial charge in [-0.1, -0.05) is 0 Å². The van der Waals surface area contributed by atoms with Gasteiger partial charge in [0.05, 0.1) is 6.20 Å². The molecule has 0 fully saturated rings. The molecular formula is C16H14BrFN2O2. The molecule has 6 heteroatoms. The molecule has 0 saturated carbocycles. The largest absolute Gasteiger partial charge is 0.450 e. The molecule has 0 aliphatic rings. The Kier molecular flexibility index (Phi) is 5.27. The van der Waals surface area contributed by atoms with E-state index in [1.807, 2.05) is 0 Å². The van der Waals surface area contributed by atoms with Crippen LogP contribution in [0.5, 0.6) is 5.75 Å². The maximum Gasteiger partial charge on any atom is 0.229 e. The van der Waals surface area contributed by atoms with E-state index in [1.165, 1.54) is 30.5 Å². The maximum atomic E-state index is 13.0. The van der Waals surface area contributed by atoms with E-state index in [2.05, 4.69) is 20.9 Å². The van der Waals surface area contributed by atoms with Crippen molar-refractivity contribution in [2.45, 2.75) is 0 Å². The van der Waals surface area contributed by atoms with Crippen LogP contribution in [0.2, 0.25) is 0 Å². The quantitative estimate of drug-likeness (QED) is 0.461. The van der Waals surface area contributed by atoms with E-state index in [9.17, 15) is 9.18 Å². The Labute approximate surface area is 136 Å². The zero-order chi connectivity index (χ0) is 16.1. The van der Waals surface area contributed by atoms with Gasteiger partial charge in [0.15, 0.2) is 5.76 Å². The second-order valence-corrected chi connectivity index (χ2v) is 5.65. The van der Waals surface area contributed by atoms with Crippen LogP contribution in [0.15, 0.2) is 59.2 Å². The zero-order valence-corrected chi connectivity index (χ0v) is 13.7. The first-order chi connectivity index (χ1) is 10.5. The van der Waals surface area contributed by atoms with Crippen LogP contribution in [-0.2, 0) is 0 Å². The van der Waals surface area contributed by atoms with Gasteiger partial charge >= 0.3 is 0 Å². The Balaban J connectivity index is 2.30. The van der Waals surface area contributed by atoms with Crippen molar-refractivity contribution in [1.29, 1.82) is 0 Å². The van der Waals surface area contributed by atoms with Crippen molar-refractivity contribution in [3.05, 3.63) is 70.5 Å². The van der Waals surface area contributed by atoms with E-state index in [1.54, 1.807) is 37.5 Å². The highest BCUT2D eigenvalue weighted by molar-refractivity contribution is 9.10. The fourth-order valence-corrected chi connectivity index (χ4v) is 2.03. The van der Waals surface area contributed by atoms with Crippen LogP contribution in [0.25, 0.3) is 0 Å². The van der Waals surface area contributed by atoms with E-state index in [-0.39, 0.29) is 11.5 Å². The van der Waals surface area contributed by atoms with Crippen LogP contribution in [0.4, 0.5) is 4.39 Å². The molecule has 2 rings (SSSR count). The molecule has 114 valence electrons. The van der Waals surface area contributed by atoms with Gasteiger partial charge in [-0.3, -0.25) is 9.78 Å². The van der Waals surface area contributed by atoms with Gasteiger partial charge < -0.3 is 9.64 Å². The van der Waals surface area contributed by atoms with Crippen LogP contribution in [-0.4, -0.2) is 29.8 Å². The van der Waals surface area contributed by atoms with Gasteiger partial charge in [-0.25, -0.2) is 4.39 Å². The van der Waals surface area contributed by atoms with Gasteiger partial charge in [-0.05, 0) is 46.3 Å². The number of rotatable bonds is 5. The molecule has 22 heavy (non-hydrogen) atoms. The van der Waals surface area contributed by atoms with Crippen LogP contribution in [0, 0.1) is 5.82 Å². The number of aromatic nitrogens is 1. The average Bonchev–Trinajstić information content (AvgIpc) is 2.46. The molecule has 0 bridgehead atoms. The molecule has 0 unspecified atom stereocenters. The number of carbonyl (C=O) groups excluding carboxylic acids is 1. The third-order valence-electron chi connectivity index (χ3n) is 2.61. The maximum absolute atomic E-state index is 13.0. The van der Waals surface area contributed by atoms with Gasteiger partial charge in [-0.2, -0.15) is 0 Å². The molecule has 0 spiro atoms. The summed E-state index contributed by atoms with van der Waals surface area (Å²) in [5, 5.41) is 0. The molecule has 0 saturated heterocycles. The number of ketones is 1. The first-order valence-corrected chi connectivity index (χ1v) is 7.22. The summed E-state index contributed by atoms with van der Waals surface area (Å²) in [6.45, 7) is 0. The molecule has 4 nitrogen and oxygen atoms in total. The number of nitrogens with zero attached hydrogens (tertiary/aromatic N) is 2. The summed E-state index contributed by atoms with van der Waals surface area (Å²) >= 11 is 3.29. The second-order valence-electron chi connectivity index (χ2n) is 4.73. The van der Waals surface area contributed by atoms with Crippen molar-refractivity contribution < 1.29 is 13.9 Å². The number of ether oxygens (including phenoxy) is 1. The predicted molar refractivity (Wildman–Crippen MR) is 85.1 cm³/mol. The molecular weight excluding hydrogens is 351 g/mol. The predicted octanol–water partition coefficient (Wildman–Crippen LogP) is 3.65. The number of halogens is 2. The molecule has 0 aliphatic heterocycles.